The van der Waals surface area contributed by atoms with Gasteiger partial charge in [0.1, 0.15) is 0 Å². The van der Waals surface area contributed by atoms with Crippen molar-refractivity contribution < 1.29 is 0 Å². The van der Waals surface area contributed by atoms with Crippen molar-refractivity contribution >= 4 is 11.3 Å². The number of aromatic nitrogens is 1. The summed E-state index contributed by atoms with van der Waals surface area (Å²) in [4.78, 5) is 4.52. The highest BCUT2D eigenvalue weighted by Crippen LogP contribution is 2.11. The Morgan fingerprint density at radius 2 is 2.19 bits per heavy atom. The highest BCUT2D eigenvalue weighted by atomic mass is 32.1. The molecule has 92 valence electrons. The van der Waals surface area contributed by atoms with Gasteiger partial charge < -0.3 is 11.1 Å². The van der Waals surface area contributed by atoms with Crippen LogP contribution in [0.3, 0.4) is 0 Å². The molecule has 0 saturated carbocycles. The van der Waals surface area contributed by atoms with E-state index in [1.165, 1.54) is 0 Å². The third kappa shape index (κ3) is 4.60. The van der Waals surface area contributed by atoms with Crippen LogP contribution in [-0.4, -0.2) is 18.1 Å². The Labute approximate surface area is 102 Å². The molecular weight excluding hydrogens is 218 g/mol. The summed E-state index contributed by atoms with van der Waals surface area (Å²) in [5, 5.41) is 6.72. The van der Waals surface area contributed by atoms with Crippen LogP contribution in [0.15, 0.2) is 5.38 Å². The summed E-state index contributed by atoms with van der Waals surface area (Å²) in [5.41, 5.74) is 6.64. The lowest BCUT2D eigenvalue weighted by Crippen LogP contribution is -2.23. The minimum atomic E-state index is 0.685. The van der Waals surface area contributed by atoms with E-state index in [0.29, 0.717) is 12.5 Å². The summed E-state index contributed by atoms with van der Waals surface area (Å²) in [6.07, 6.45) is 0.896. The summed E-state index contributed by atoms with van der Waals surface area (Å²) in [6.45, 7) is 9.41. The number of rotatable bonds is 7. The lowest BCUT2D eigenvalue weighted by Gasteiger charge is -2.15. The van der Waals surface area contributed by atoms with Crippen molar-refractivity contribution in [3.05, 3.63) is 16.1 Å². The van der Waals surface area contributed by atoms with Gasteiger partial charge in [0.15, 0.2) is 0 Å². The van der Waals surface area contributed by atoms with E-state index in [1.54, 1.807) is 11.3 Å². The average Bonchev–Trinajstić information content (AvgIpc) is 2.66. The summed E-state index contributed by atoms with van der Waals surface area (Å²) in [7, 11) is 0. The topological polar surface area (TPSA) is 50.9 Å². The molecule has 0 radical (unpaired) electrons. The van der Waals surface area contributed by atoms with Crippen molar-refractivity contribution in [2.45, 2.75) is 33.7 Å². The zero-order valence-corrected chi connectivity index (χ0v) is 11.3. The summed E-state index contributed by atoms with van der Waals surface area (Å²) in [5.74, 6) is 1.44. The number of nitrogens with one attached hydrogen (secondary N) is 1. The SMILES string of the molecule is CC(C)C(C)CNCc1csc(CCN)n1. The molecule has 0 aliphatic carbocycles. The molecule has 1 aromatic heterocycles. The number of nitrogens with zero attached hydrogens (tertiary/aromatic N) is 1. The maximum absolute atomic E-state index is 5.49. The molecule has 4 heteroatoms. The van der Waals surface area contributed by atoms with E-state index in [0.717, 1.165) is 36.1 Å². The van der Waals surface area contributed by atoms with Crippen LogP contribution in [0.5, 0.6) is 0 Å². The largest absolute Gasteiger partial charge is 0.330 e. The molecule has 0 fully saturated rings. The van der Waals surface area contributed by atoms with Gasteiger partial charge in [-0.3, -0.25) is 0 Å². The van der Waals surface area contributed by atoms with Crippen molar-refractivity contribution in [3.8, 4) is 0 Å². The van der Waals surface area contributed by atoms with Crippen LogP contribution in [0.1, 0.15) is 31.5 Å². The van der Waals surface area contributed by atoms with Crippen molar-refractivity contribution in [1.82, 2.24) is 10.3 Å². The third-order valence-corrected chi connectivity index (χ3v) is 3.83. The molecule has 1 heterocycles. The van der Waals surface area contributed by atoms with Gasteiger partial charge in [0.2, 0.25) is 0 Å². The molecule has 0 bridgehead atoms. The average molecular weight is 241 g/mol. The Kier molecular flexibility index (Phi) is 5.95. The van der Waals surface area contributed by atoms with Crippen LogP contribution >= 0.6 is 11.3 Å². The maximum Gasteiger partial charge on any atom is 0.0941 e. The van der Waals surface area contributed by atoms with E-state index >= 15 is 0 Å². The molecule has 0 aliphatic rings. The maximum atomic E-state index is 5.49. The first kappa shape index (κ1) is 13.6. The van der Waals surface area contributed by atoms with E-state index in [9.17, 15) is 0 Å². The van der Waals surface area contributed by atoms with Crippen molar-refractivity contribution in [2.24, 2.45) is 17.6 Å². The first-order valence-electron chi connectivity index (χ1n) is 5.97. The highest BCUT2D eigenvalue weighted by molar-refractivity contribution is 7.09. The van der Waals surface area contributed by atoms with Gasteiger partial charge in [-0.05, 0) is 24.9 Å². The molecule has 1 rings (SSSR count). The fourth-order valence-corrected chi connectivity index (χ4v) is 2.15. The van der Waals surface area contributed by atoms with E-state index in [1.807, 2.05) is 0 Å². The Morgan fingerprint density at radius 1 is 1.44 bits per heavy atom. The second-order valence-corrected chi connectivity index (χ2v) is 5.57. The first-order chi connectivity index (χ1) is 7.63. The van der Waals surface area contributed by atoms with Crippen molar-refractivity contribution in [2.75, 3.05) is 13.1 Å². The van der Waals surface area contributed by atoms with Gasteiger partial charge in [0.25, 0.3) is 0 Å². The summed E-state index contributed by atoms with van der Waals surface area (Å²) >= 11 is 1.71. The third-order valence-electron chi connectivity index (χ3n) is 2.87. The molecule has 0 aromatic carbocycles. The molecule has 0 amide bonds. The number of hydrogen-bond donors (Lipinski definition) is 2. The van der Waals surface area contributed by atoms with Crippen LogP contribution in [0, 0.1) is 11.8 Å². The second-order valence-electron chi connectivity index (χ2n) is 4.62. The van der Waals surface area contributed by atoms with Crippen LogP contribution in [-0.2, 0) is 13.0 Å². The van der Waals surface area contributed by atoms with Gasteiger partial charge in [-0.2, -0.15) is 0 Å². The van der Waals surface area contributed by atoms with Gasteiger partial charge >= 0.3 is 0 Å². The Bertz CT molecular complexity index is 296. The first-order valence-corrected chi connectivity index (χ1v) is 6.85. The second kappa shape index (κ2) is 6.99. The Hall–Kier alpha value is -0.450. The van der Waals surface area contributed by atoms with Gasteiger partial charge in [0.05, 0.1) is 10.7 Å². The van der Waals surface area contributed by atoms with Crippen LogP contribution in [0.2, 0.25) is 0 Å². The van der Waals surface area contributed by atoms with E-state index in [2.05, 4.69) is 36.5 Å². The van der Waals surface area contributed by atoms with Crippen LogP contribution in [0.25, 0.3) is 0 Å². The van der Waals surface area contributed by atoms with Gasteiger partial charge in [0, 0.05) is 18.3 Å². The molecule has 1 atom stereocenters. The van der Waals surface area contributed by atoms with Gasteiger partial charge in [-0.15, -0.1) is 11.3 Å². The fourth-order valence-electron chi connectivity index (χ4n) is 1.33. The van der Waals surface area contributed by atoms with E-state index in [4.69, 9.17) is 5.73 Å². The Morgan fingerprint density at radius 3 is 2.81 bits per heavy atom. The Balaban J connectivity index is 2.26. The molecule has 0 saturated heterocycles. The number of hydrogen-bond acceptors (Lipinski definition) is 4. The smallest absolute Gasteiger partial charge is 0.0941 e. The summed E-state index contributed by atoms with van der Waals surface area (Å²) < 4.78 is 0. The molecule has 0 aliphatic heterocycles. The summed E-state index contributed by atoms with van der Waals surface area (Å²) in [6, 6.07) is 0. The molecule has 16 heavy (non-hydrogen) atoms. The zero-order chi connectivity index (χ0) is 12.0. The highest BCUT2D eigenvalue weighted by Gasteiger charge is 2.07. The molecule has 1 aromatic rings. The molecule has 3 nitrogen and oxygen atoms in total. The van der Waals surface area contributed by atoms with Crippen molar-refractivity contribution in [1.29, 1.82) is 0 Å². The molecule has 3 N–H and O–H groups in total. The number of thiazole rings is 1. The predicted molar refractivity (Wildman–Crippen MR) is 70.6 cm³/mol. The fraction of sp³-hybridized carbons (Fsp3) is 0.750. The van der Waals surface area contributed by atoms with E-state index in [-0.39, 0.29) is 0 Å². The van der Waals surface area contributed by atoms with Gasteiger partial charge in [-0.1, -0.05) is 20.8 Å². The zero-order valence-electron chi connectivity index (χ0n) is 10.5. The molecule has 0 spiro atoms. The van der Waals surface area contributed by atoms with E-state index < -0.39 is 0 Å². The molecule has 1 unspecified atom stereocenters. The van der Waals surface area contributed by atoms with Crippen LogP contribution in [0.4, 0.5) is 0 Å². The van der Waals surface area contributed by atoms with Crippen LogP contribution < -0.4 is 11.1 Å². The normalized spacial score (nSPS) is 13.3. The van der Waals surface area contributed by atoms with Crippen molar-refractivity contribution in [3.63, 3.8) is 0 Å². The minimum Gasteiger partial charge on any atom is -0.330 e. The minimum absolute atomic E-state index is 0.685. The standard InChI is InChI=1S/C12H23N3S/c1-9(2)10(3)6-14-7-11-8-16-12(15-11)4-5-13/h8-10,14H,4-7,13H2,1-3H3. The predicted octanol–water partition coefficient (Wildman–Crippen LogP) is 2.03. The molecular formula is C12H23N3S. The lowest BCUT2D eigenvalue weighted by atomic mass is 9.98. The van der Waals surface area contributed by atoms with Gasteiger partial charge in [-0.25, -0.2) is 4.98 Å². The lowest BCUT2D eigenvalue weighted by molar-refractivity contribution is 0.392. The quantitative estimate of drug-likeness (QED) is 0.768. The monoisotopic (exact) mass is 241 g/mol. The number of nitrogens with two attached hydrogens (primary N) is 1.